The molecule has 156 valence electrons. The third kappa shape index (κ3) is 3.37. The van der Waals surface area contributed by atoms with E-state index in [0.29, 0.717) is 12.1 Å². The number of halogens is 1. The number of aromatic amines is 2. The Labute approximate surface area is 171 Å². The summed E-state index contributed by atoms with van der Waals surface area (Å²) >= 11 is 0. The maximum Gasteiger partial charge on any atom is 0.326 e. The highest BCUT2D eigenvalue weighted by Crippen LogP contribution is 2.25. The summed E-state index contributed by atoms with van der Waals surface area (Å²) in [6.07, 6.45) is 2.63. The van der Waals surface area contributed by atoms with Gasteiger partial charge in [0.25, 0.3) is 0 Å². The molecule has 30 heavy (non-hydrogen) atoms. The standard InChI is InChI=1S/C22H24FN5O2/c23-15-6-7-20-18(14-15)25-22(30)28(20)16-8-12-26(13-9-16)10-3-11-27-19-5-2-1-4-17(19)24-21(27)29/h1-2,4-7,14,16H,3,8-13H2,(H,24,29)(H,25,30). The Morgan fingerprint density at radius 1 is 0.900 bits per heavy atom. The van der Waals surface area contributed by atoms with Gasteiger partial charge in [0, 0.05) is 25.7 Å². The van der Waals surface area contributed by atoms with Crippen molar-refractivity contribution in [2.75, 3.05) is 19.6 Å². The second-order valence-electron chi connectivity index (χ2n) is 7.99. The van der Waals surface area contributed by atoms with Crippen molar-refractivity contribution >= 4 is 22.1 Å². The molecule has 4 aromatic rings. The first-order chi connectivity index (χ1) is 14.6. The normalized spacial score (nSPS) is 16.0. The van der Waals surface area contributed by atoms with Gasteiger partial charge in [-0.25, -0.2) is 14.0 Å². The minimum Gasteiger partial charge on any atom is -0.306 e. The topological polar surface area (TPSA) is 78.8 Å². The van der Waals surface area contributed by atoms with Crippen molar-refractivity contribution in [1.82, 2.24) is 24.0 Å². The number of fused-ring (bicyclic) bond motifs is 2. The van der Waals surface area contributed by atoms with Crippen LogP contribution in [0.3, 0.4) is 0 Å². The zero-order valence-electron chi connectivity index (χ0n) is 16.6. The Kier molecular flexibility index (Phi) is 4.78. The number of benzene rings is 2. The maximum absolute atomic E-state index is 13.4. The van der Waals surface area contributed by atoms with Gasteiger partial charge in [0.15, 0.2) is 0 Å². The summed E-state index contributed by atoms with van der Waals surface area (Å²) in [6, 6.07) is 12.3. The molecule has 0 unspecified atom stereocenters. The van der Waals surface area contributed by atoms with Gasteiger partial charge in [-0.05, 0) is 56.1 Å². The first-order valence-corrected chi connectivity index (χ1v) is 10.4. The van der Waals surface area contributed by atoms with Gasteiger partial charge in [0.1, 0.15) is 5.82 Å². The minimum atomic E-state index is -0.347. The summed E-state index contributed by atoms with van der Waals surface area (Å²) in [5, 5.41) is 0. The molecule has 2 aromatic heterocycles. The van der Waals surface area contributed by atoms with Crippen molar-refractivity contribution < 1.29 is 4.39 Å². The van der Waals surface area contributed by atoms with Crippen LogP contribution in [0.25, 0.3) is 22.1 Å². The molecule has 1 fully saturated rings. The van der Waals surface area contributed by atoms with Crippen LogP contribution in [0.15, 0.2) is 52.1 Å². The number of nitrogens with one attached hydrogen (secondary N) is 2. The number of aryl methyl sites for hydroxylation is 1. The monoisotopic (exact) mass is 409 g/mol. The van der Waals surface area contributed by atoms with E-state index in [1.165, 1.54) is 12.1 Å². The van der Waals surface area contributed by atoms with Crippen LogP contribution < -0.4 is 11.4 Å². The van der Waals surface area contributed by atoms with Gasteiger partial charge < -0.3 is 14.9 Å². The molecule has 0 radical (unpaired) electrons. The van der Waals surface area contributed by atoms with Gasteiger partial charge in [-0.15, -0.1) is 0 Å². The fourth-order valence-corrected chi connectivity index (χ4v) is 4.65. The molecule has 2 N–H and O–H groups in total. The highest BCUT2D eigenvalue weighted by Gasteiger charge is 2.23. The third-order valence-corrected chi connectivity index (χ3v) is 6.14. The Hall–Kier alpha value is -3.13. The first kappa shape index (κ1) is 18.9. The lowest BCUT2D eigenvalue weighted by molar-refractivity contribution is 0.183. The molecule has 0 spiro atoms. The van der Waals surface area contributed by atoms with Gasteiger partial charge in [0.05, 0.1) is 22.1 Å². The molecular formula is C22H24FN5O2. The molecule has 0 saturated carbocycles. The molecule has 0 bridgehead atoms. The van der Waals surface area contributed by atoms with Crippen LogP contribution in [0, 0.1) is 5.82 Å². The summed E-state index contributed by atoms with van der Waals surface area (Å²) < 4.78 is 17.0. The highest BCUT2D eigenvalue weighted by atomic mass is 19.1. The minimum absolute atomic E-state index is 0.0648. The molecule has 3 heterocycles. The first-order valence-electron chi connectivity index (χ1n) is 10.4. The molecule has 5 rings (SSSR count). The smallest absolute Gasteiger partial charge is 0.306 e. The van der Waals surface area contributed by atoms with Crippen LogP contribution in [0.5, 0.6) is 0 Å². The van der Waals surface area contributed by atoms with Crippen LogP contribution in [-0.4, -0.2) is 43.6 Å². The summed E-state index contributed by atoms with van der Waals surface area (Å²) in [5.74, 6) is -0.347. The van der Waals surface area contributed by atoms with Gasteiger partial charge in [-0.3, -0.25) is 9.13 Å². The number of H-pyrrole nitrogens is 2. The molecule has 0 atom stereocenters. The number of nitrogens with zero attached hydrogens (tertiary/aromatic N) is 3. The number of piperidine rings is 1. The van der Waals surface area contributed by atoms with E-state index in [4.69, 9.17) is 0 Å². The van der Waals surface area contributed by atoms with E-state index in [1.807, 2.05) is 24.3 Å². The fraction of sp³-hybridized carbons (Fsp3) is 0.364. The zero-order valence-corrected chi connectivity index (χ0v) is 16.6. The number of hydrogen-bond donors (Lipinski definition) is 2. The van der Waals surface area contributed by atoms with E-state index in [9.17, 15) is 14.0 Å². The van der Waals surface area contributed by atoms with Crippen molar-refractivity contribution in [3.05, 3.63) is 69.3 Å². The predicted molar refractivity (Wildman–Crippen MR) is 114 cm³/mol. The van der Waals surface area contributed by atoms with Gasteiger partial charge in [-0.1, -0.05) is 12.1 Å². The van der Waals surface area contributed by atoms with Crippen LogP contribution in [-0.2, 0) is 6.54 Å². The number of aromatic nitrogens is 4. The van der Waals surface area contributed by atoms with Crippen molar-refractivity contribution in [1.29, 1.82) is 0 Å². The molecule has 0 aliphatic carbocycles. The van der Waals surface area contributed by atoms with Gasteiger partial charge in [0.2, 0.25) is 0 Å². The van der Waals surface area contributed by atoms with Crippen LogP contribution >= 0.6 is 0 Å². The number of likely N-dealkylation sites (tertiary alicyclic amines) is 1. The van der Waals surface area contributed by atoms with Crippen molar-refractivity contribution in [2.24, 2.45) is 0 Å². The number of hydrogen-bond acceptors (Lipinski definition) is 3. The summed E-state index contributed by atoms with van der Waals surface area (Å²) in [7, 11) is 0. The molecular weight excluding hydrogens is 385 g/mol. The number of imidazole rings is 2. The maximum atomic E-state index is 13.4. The second kappa shape index (κ2) is 7.60. The lowest BCUT2D eigenvalue weighted by Crippen LogP contribution is -2.37. The predicted octanol–water partition coefficient (Wildman–Crippen LogP) is 2.84. The van der Waals surface area contributed by atoms with E-state index in [2.05, 4.69) is 14.9 Å². The Balaban J connectivity index is 1.21. The van der Waals surface area contributed by atoms with E-state index < -0.39 is 0 Å². The van der Waals surface area contributed by atoms with Crippen LogP contribution in [0.2, 0.25) is 0 Å². The van der Waals surface area contributed by atoms with Crippen molar-refractivity contribution in [3.8, 4) is 0 Å². The van der Waals surface area contributed by atoms with Crippen molar-refractivity contribution in [2.45, 2.75) is 31.8 Å². The lowest BCUT2D eigenvalue weighted by Gasteiger charge is -2.32. The largest absolute Gasteiger partial charge is 0.326 e. The summed E-state index contributed by atoms with van der Waals surface area (Å²) in [6.45, 7) is 3.38. The third-order valence-electron chi connectivity index (χ3n) is 6.14. The van der Waals surface area contributed by atoms with Crippen molar-refractivity contribution in [3.63, 3.8) is 0 Å². The Morgan fingerprint density at radius 3 is 2.50 bits per heavy atom. The Morgan fingerprint density at radius 2 is 1.67 bits per heavy atom. The molecule has 1 saturated heterocycles. The molecule has 1 aliphatic rings. The SMILES string of the molecule is O=c1[nH]c2ccccc2n1CCCN1CCC(n2c(=O)[nH]c3cc(F)ccc32)CC1. The molecule has 1 aliphatic heterocycles. The average molecular weight is 409 g/mol. The van der Waals surface area contributed by atoms with Crippen LogP contribution in [0.4, 0.5) is 4.39 Å². The molecule has 0 amide bonds. The number of rotatable bonds is 5. The lowest BCUT2D eigenvalue weighted by atomic mass is 10.0. The van der Waals surface area contributed by atoms with Gasteiger partial charge in [-0.2, -0.15) is 0 Å². The average Bonchev–Trinajstić information content (AvgIpc) is 3.23. The summed E-state index contributed by atoms with van der Waals surface area (Å²) in [4.78, 5) is 32.6. The molecule has 2 aromatic carbocycles. The van der Waals surface area contributed by atoms with E-state index in [1.54, 1.807) is 15.2 Å². The molecule has 8 heteroatoms. The summed E-state index contributed by atoms with van der Waals surface area (Å²) in [5.41, 5.74) is 2.88. The zero-order chi connectivity index (χ0) is 20.7. The number of para-hydroxylation sites is 2. The second-order valence-corrected chi connectivity index (χ2v) is 7.99. The quantitative estimate of drug-likeness (QED) is 0.532. The highest BCUT2D eigenvalue weighted by molar-refractivity contribution is 5.75. The molecule has 7 nitrogen and oxygen atoms in total. The van der Waals surface area contributed by atoms with E-state index in [-0.39, 0.29) is 23.2 Å². The fourth-order valence-electron chi connectivity index (χ4n) is 4.65. The Bertz CT molecular complexity index is 1310. The van der Waals surface area contributed by atoms with E-state index in [0.717, 1.165) is 55.4 Å². The van der Waals surface area contributed by atoms with Crippen LogP contribution in [0.1, 0.15) is 25.3 Å². The van der Waals surface area contributed by atoms with E-state index >= 15 is 0 Å². The van der Waals surface area contributed by atoms with Gasteiger partial charge >= 0.3 is 11.4 Å².